The van der Waals surface area contributed by atoms with Gasteiger partial charge in [0.2, 0.25) is 0 Å². The fraction of sp³-hybridized carbons (Fsp3) is 0.0154. The molecular weight excluding hydrogens is 827 g/mol. The SMILES string of the molecule is c1ccc(-c2cccc(N(c3ccc4c(c3)C3(c5ccccc5-c5ccccc53)c3ccccc3-4)c3ccc4c(c3)oc3c(-c5cccc6ccccc56)c5c(cc34)oc3ccccc35)c2)cc1. The van der Waals surface area contributed by atoms with Crippen LogP contribution >= 0.6 is 0 Å². The molecule has 1 spiro atoms. The van der Waals surface area contributed by atoms with E-state index < -0.39 is 5.41 Å². The van der Waals surface area contributed by atoms with Crippen molar-refractivity contribution in [2.45, 2.75) is 5.41 Å². The van der Waals surface area contributed by atoms with Gasteiger partial charge in [0.15, 0.2) is 0 Å². The summed E-state index contributed by atoms with van der Waals surface area (Å²) in [4.78, 5) is 2.41. The summed E-state index contributed by atoms with van der Waals surface area (Å²) >= 11 is 0. The van der Waals surface area contributed by atoms with Crippen LogP contribution in [0, 0.1) is 0 Å². The van der Waals surface area contributed by atoms with Crippen molar-refractivity contribution in [1.82, 2.24) is 0 Å². The van der Waals surface area contributed by atoms with Crippen molar-refractivity contribution in [2.75, 3.05) is 4.90 Å². The molecule has 0 saturated heterocycles. The summed E-state index contributed by atoms with van der Waals surface area (Å²) in [6, 6.07) is 86.1. The molecule has 0 amide bonds. The Balaban J connectivity index is 0.991. The van der Waals surface area contributed by atoms with Gasteiger partial charge in [-0.25, -0.2) is 0 Å². The molecule has 0 saturated carbocycles. The largest absolute Gasteiger partial charge is 0.456 e. The molecule has 0 bridgehead atoms. The molecule has 316 valence electrons. The van der Waals surface area contributed by atoms with E-state index in [0.29, 0.717) is 0 Å². The van der Waals surface area contributed by atoms with Crippen LogP contribution in [-0.2, 0) is 5.41 Å². The van der Waals surface area contributed by atoms with Gasteiger partial charge in [-0.05, 0) is 121 Å². The van der Waals surface area contributed by atoms with Crippen molar-refractivity contribution in [2.24, 2.45) is 0 Å². The number of hydrogen-bond acceptors (Lipinski definition) is 3. The van der Waals surface area contributed by atoms with Crippen molar-refractivity contribution >= 4 is 71.7 Å². The van der Waals surface area contributed by atoms with Crippen molar-refractivity contribution in [1.29, 1.82) is 0 Å². The molecule has 0 atom stereocenters. The van der Waals surface area contributed by atoms with E-state index in [1.807, 2.05) is 6.07 Å². The molecule has 11 aromatic carbocycles. The number of furan rings is 2. The third kappa shape index (κ3) is 5.07. The monoisotopic (exact) mass is 865 g/mol. The lowest BCUT2D eigenvalue weighted by molar-refractivity contribution is 0.664. The second kappa shape index (κ2) is 14.0. The van der Waals surface area contributed by atoms with E-state index in [0.717, 1.165) is 77.6 Å². The molecule has 3 nitrogen and oxygen atoms in total. The minimum Gasteiger partial charge on any atom is -0.456 e. The Morgan fingerprint density at radius 3 is 1.66 bits per heavy atom. The molecular formula is C65H39NO2. The predicted octanol–water partition coefficient (Wildman–Crippen LogP) is 17.8. The third-order valence-electron chi connectivity index (χ3n) is 14.9. The van der Waals surface area contributed by atoms with E-state index in [-0.39, 0.29) is 0 Å². The molecule has 2 aliphatic carbocycles. The normalized spacial score (nSPS) is 13.1. The first-order valence-electron chi connectivity index (χ1n) is 23.4. The number of para-hydroxylation sites is 1. The van der Waals surface area contributed by atoms with Gasteiger partial charge in [0.25, 0.3) is 0 Å². The van der Waals surface area contributed by atoms with Gasteiger partial charge in [-0.2, -0.15) is 0 Å². The van der Waals surface area contributed by atoms with Gasteiger partial charge < -0.3 is 13.7 Å². The van der Waals surface area contributed by atoms with Crippen LogP contribution in [0.2, 0.25) is 0 Å². The topological polar surface area (TPSA) is 29.5 Å². The number of hydrogen-bond donors (Lipinski definition) is 0. The molecule has 68 heavy (non-hydrogen) atoms. The fourth-order valence-electron chi connectivity index (χ4n) is 12.1. The molecule has 0 aliphatic heterocycles. The zero-order valence-electron chi connectivity index (χ0n) is 36.8. The lowest BCUT2D eigenvalue weighted by atomic mass is 9.70. The molecule has 2 heterocycles. The zero-order chi connectivity index (χ0) is 44.5. The van der Waals surface area contributed by atoms with Gasteiger partial charge in [-0.3, -0.25) is 0 Å². The van der Waals surface area contributed by atoms with Crippen LogP contribution in [0.25, 0.3) is 99.2 Å². The van der Waals surface area contributed by atoms with Crippen molar-refractivity contribution in [3.63, 3.8) is 0 Å². The molecule has 2 aromatic heterocycles. The summed E-state index contributed by atoms with van der Waals surface area (Å²) < 4.78 is 13.9. The average molecular weight is 866 g/mol. The van der Waals surface area contributed by atoms with E-state index in [9.17, 15) is 0 Å². The van der Waals surface area contributed by atoms with Gasteiger partial charge in [-0.15, -0.1) is 0 Å². The minimum absolute atomic E-state index is 0.478. The Labute approximate surface area is 392 Å². The van der Waals surface area contributed by atoms with E-state index in [1.54, 1.807) is 0 Å². The average Bonchev–Trinajstić information content (AvgIpc) is 4.13. The third-order valence-corrected chi connectivity index (χ3v) is 14.9. The summed E-state index contributed by atoms with van der Waals surface area (Å²) in [7, 11) is 0. The Hall–Kier alpha value is -8.92. The molecule has 0 unspecified atom stereocenters. The van der Waals surface area contributed by atoms with Gasteiger partial charge in [0.1, 0.15) is 22.3 Å². The van der Waals surface area contributed by atoms with Gasteiger partial charge >= 0.3 is 0 Å². The summed E-state index contributed by atoms with van der Waals surface area (Å²) in [5, 5.41) is 6.54. The molecule has 15 rings (SSSR count). The molecule has 0 fully saturated rings. The first-order chi connectivity index (χ1) is 33.7. The van der Waals surface area contributed by atoms with E-state index in [1.165, 1.54) is 60.8 Å². The Bertz CT molecular complexity index is 4160. The number of nitrogens with zero attached hydrogens (tertiary/aromatic N) is 1. The van der Waals surface area contributed by atoms with Crippen LogP contribution < -0.4 is 4.90 Å². The highest BCUT2D eigenvalue weighted by atomic mass is 16.3. The van der Waals surface area contributed by atoms with Crippen molar-refractivity contribution < 1.29 is 8.83 Å². The molecule has 3 heteroatoms. The van der Waals surface area contributed by atoms with E-state index >= 15 is 0 Å². The van der Waals surface area contributed by atoms with E-state index in [4.69, 9.17) is 8.83 Å². The summed E-state index contributed by atoms with van der Waals surface area (Å²) in [6.45, 7) is 0. The highest BCUT2D eigenvalue weighted by Crippen LogP contribution is 2.63. The Morgan fingerprint density at radius 2 is 0.882 bits per heavy atom. The van der Waals surface area contributed by atoms with Crippen LogP contribution in [-0.4, -0.2) is 0 Å². The second-order valence-electron chi connectivity index (χ2n) is 18.3. The van der Waals surface area contributed by atoms with E-state index in [2.05, 4.69) is 235 Å². The summed E-state index contributed by atoms with van der Waals surface area (Å²) in [6.07, 6.45) is 0. The Kier molecular flexibility index (Phi) is 7.71. The molecule has 0 N–H and O–H groups in total. The highest BCUT2D eigenvalue weighted by Gasteiger charge is 2.51. The van der Waals surface area contributed by atoms with Crippen LogP contribution in [0.4, 0.5) is 17.1 Å². The molecule has 13 aromatic rings. The lowest BCUT2D eigenvalue weighted by Crippen LogP contribution is -2.26. The van der Waals surface area contributed by atoms with Gasteiger partial charge in [-0.1, -0.05) is 182 Å². The second-order valence-corrected chi connectivity index (χ2v) is 18.3. The minimum atomic E-state index is -0.478. The van der Waals surface area contributed by atoms with Crippen molar-refractivity contribution in [3.05, 3.63) is 259 Å². The molecule has 0 radical (unpaired) electrons. The summed E-state index contributed by atoms with van der Waals surface area (Å²) in [5.41, 5.74) is 20.9. The maximum atomic E-state index is 7.27. The van der Waals surface area contributed by atoms with Crippen LogP contribution in [0.3, 0.4) is 0 Å². The Morgan fingerprint density at radius 1 is 0.309 bits per heavy atom. The lowest BCUT2D eigenvalue weighted by Gasteiger charge is -2.32. The highest BCUT2D eigenvalue weighted by molar-refractivity contribution is 6.25. The van der Waals surface area contributed by atoms with Crippen LogP contribution in [0.15, 0.2) is 245 Å². The fourth-order valence-corrected chi connectivity index (χ4v) is 12.1. The maximum absolute atomic E-state index is 7.27. The number of anilines is 3. The van der Waals surface area contributed by atoms with Crippen LogP contribution in [0.1, 0.15) is 22.3 Å². The first-order valence-corrected chi connectivity index (χ1v) is 23.4. The quantitative estimate of drug-likeness (QED) is 0.173. The number of benzene rings is 11. The number of fused-ring (bicyclic) bond motifs is 17. The van der Waals surface area contributed by atoms with Gasteiger partial charge in [0.05, 0.1) is 5.41 Å². The smallest absolute Gasteiger partial charge is 0.144 e. The van der Waals surface area contributed by atoms with Crippen molar-refractivity contribution in [3.8, 4) is 44.5 Å². The zero-order valence-corrected chi connectivity index (χ0v) is 36.8. The standard InChI is InChI=1S/C65H39NO2/c1-2-16-40(17-3-1)42-20-14-21-43(36-42)66(44-32-34-50-49-25-8-12-30-57(49)65(58(50)37-44)55-28-10-6-23-47(55)48-24-7-11-29-56(48)65)45-33-35-51-54-39-61-62(53-26-9-13-31-59(53)67-61)63(64(54)68-60(51)38-45)52-27-15-19-41-18-4-5-22-46(41)52/h1-39H. The van der Waals surface area contributed by atoms with Gasteiger partial charge in [0, 0.05) is 50.2 Å². The first kappa shape index (κ1) is 37.3. The number of rotatable bonds is 5. The predicted molar refractivity (Wildman–Crippen MR) is 280 cm³/mol. The summed E-state index contributed by atoms with van der Waals surface area (Å²) in [5.74, 6) is 0. The maximum Gasteiger partial charge on any atom is 0.144 e. The molecule has 2 aliphatic rings. The van der Waals surface area contributed by atoms with Crippen LogP contribution in [0.5, 0.6) is 0 Å².